The summed E-state index contributed by atoms with van der Waals surface area (Å²) in [6.45, 7) is 2.40. The molecule has 0 heterocycles. The molecule has 0 spiro atoms. The number of rotatable bonds is 8. The van der Waals surface area contributed by atoms with Gasteiger partial charge in [-0.25, -0.2) is 8.42 Å². The van der Waals surface area contributed by atoms with Gasteiger partial charge in [0.15, 0.2) is 0 Å². The van der Waals surface area contributed by atoms with Gasteiger partial charge in [0.05, 0.1) is 24.3 Å². The maximum Gasteiger partial charge on any atom is 0.261 e. The molecule has 6 nitrogen and oxygen atoms in total. The first-order chi connectivity index (χ1) is 13.5. The SMILES string of the molecule is CCOc1ccc(S(=O)(=O)Nc2ccc(Nc3ccccc3OC)cc2)cc1. The van der Waals surface area contributed by atoms with Crippen molar-refractivity contribution in [2.75, 3.05) is 23.8 Å². The topological polar surface area (TPSA) is 76.7 Å². The summed E-state index contributed by atoms with van der Waals surface area (Å²) in [7, 11) is -2.06. The zero-order valence-corrected chi connectivity index (χ0v) is 16.5. The molecule has 0 aliphatic carbocycles. The van der Waals surface area contributed by atoms with Crippen LogP contribution in [0.5, 0.6) is 11.5 Å². The molecular weight excluding hydrogens is 376 g/mol. The van der Waals surface area contributed by atoms with E-state index in [-0.39, 0.29) is 4.90 Å². The van der Waals surface area contributed by atoms with Crippen molar-refractivity contribution in [1.82, 2.24) is 0 Å². The first-order valence-electron chi connectivity index (χ1n) is 8.77. The molecule has 7 heteroatoms. The van der Waals surface area contributed by atoms with E-state index in [9.17, 15) is 8.42 Å². The number of ether oxygens (including phenoxy) is 2. The predicted octanol–water partition coefficient (Wildman–Crippen LogP) is 4.64. The van der Waals surface area contributed by atoms with Crippen LogP contribution in [0.1, 0.15) is 6.92 Å². The average molecular weight is 398 g/mol. The van der Waals surface area contributed by atoms with Gasteiger partial charge in [0.1, 0.15) is 11.5 Å². The molecule has 0 atom stereocenters. The molecule has 0 aliphatic rings. The van der Waals surface area contributed by atoms with Crippen molar-refractivity contribution in [3.8, 4) is 11.5 Å². The molecule has 3 rings (SSSR count). The van der Waals surface area contributed by atoms with E-state index in [1.165, 1.54) is 12.1 Å². The van der Waals surface area contributed by atoms with Gasteiger partial charge in [-0.05, 0) is 67.6 Å². The van der Waals surface area contributed by atoms with Crippen LogP contribution in [0, 0.1) is 0 Å². The third-order valence-electron chi connectivity index (χ3n) is 3.97. The van der Waals surface area contributed by atoms with Crippen molar-refractivity contribution in [3.63, 3.8) is 0 Å². The van der Waals surface area contributed by atoms with E-state index in [2.05, 4.69) is 10.0 Å². The Bertz CT molecular complexity index is 1020. The first kappa shape index (κ1) is 19.6. The summed E-state index contributed by atoms with van der Waals surface area (Å²) in [4.78, 5) is 0.173. The molecule has 146 valence electrons. The highest BCUT2D eigenvalue weighted by Crippen LogP contribution is 2.28. The van der Waals surface area contributed by atoms with Gasteiger partial charge in [-0.3, -0.25) is 4.72 Å². The monoisotopic (exact) mass is 398 g/mol. The lowest BCUT2D eigenvalue weighted by atomic mass is 10.2. The van der Waals surface area contributed by atoms with Gasteiger partial charge in [0, 0.05) is 11.4 Å². The van der Waals surface area contributed by atoms with Crippen LogP contribution in [0.2, 0.25) is 0 Å². The number of para-hydroxylation sites is 2. The average Bonchev–Trinajstić information content (AvgIpc) is 2.70. The molecule has 0 unspecified atom stereocenters. The highest BCUT2D eigenvalue weighted by atomic mass is 32.2. The number of hydrogen-bond donors (Lipinski definition) is 2. The Morgan fingerprint density at radius 2 is 1.50 bits per heavy atom. The molecule has 0 aromatic heterocycles. The fourth-order valence-corrected chi connectivity index (χ4v) is 3.68. The number of anilines is 3. The fourth-order valence-electron chi connectivity index (χ4n) is 2.62. The summed E-state index contributed by atoms with van der Waals surface area (Å²) in [6.07, 6.45) is 0. The molecule has 3 aromatic carbocycles. The van der Waals surface area contributed by atoms with Crippen LogP contribution in [0.4, 0.5) is 17.1 Å². The second kappa shape index (κ2) is 8.67. The zero-order valence-electron chi connectivity index (χ0n) is 15.7. The van der Waals surface area contributed by atoms with Crippen molar-refractivity contribution in [3.05, 3.63) is 72.8 Å². The normalized spacial score (nSPS) is 10.9. The summed E-state index contributed by atoms with van der Waals surface area (Å²) in [6, 6.07) is 20.9. The summed E-state index contributed by atoms with van der Waals surface area (Å²) in [5.41, 5.74) is 2.11. The molecule has 28 heavy (non-hydrogen) atoms. The zero-order chi connectivity index (χ0) is 20.0. The Hall–Kier alpha value is -3.19. The quantitative estimate of drug-likeness (QED) is 0.578. The lowest BCUT2D eigenvalue weighted by molar-refractivity contribution is 0.340. The van der Waals surface area contributed by atoms with Gasteiger partial charge in [0.25, 0.3) is 10.0 Å². The molecule has 2 N–H and O–H groups in total. The van der Waals surface area contributed by atoms with E-state index in [0.717, 1.165) is 17.1 Å². The second-order valence-corrected chi connectivity index (χ2v) is 7.59. The molecular formula is C21H22N2O4S. The number of sulfonamides is 1. The van der Waals surface area contributed by atoms with E-state index in [1.54, 1.807) is 43.5 Å². The smallest absolute Gasteiger partial charge is 0.261 e. The van der Waals surface area contributed by atoms with Gasteiger partial charge >= 0.3 is 0 Å². The number of benzene rings is 3. The summed E-state index contributed by atoms with van der Waals surface area (Å²) in [5, 5.41) is 3.25. The van der Waals surface area contributed by atoms with Gasteiger partial charge in [-0.1, -0.05) is 12.1 Å². The number of hydrogen-bond acceptors (Lipinski definition) is 5. The lowest BCUT2D eigenvalue weighted by Gasteiger charge is -2.12. The fraction of sp³-hybridized carbons (Fsp3) is 0.143. The van der Waals surface area contributed by atoms with E-state index < -0.39 is 10.0 Å². The molecule has 0 fully saturated rings. The minimum absolute atomic E-state index is 0.173. The molecule has 3 aromatic rings. The van der Waals surface area contributed by atoms with Crippen molar-refractivity contribution >= 4 is 27.1 Å². The maximum absolute atomic E-state index is 12.5. The van der Waals surface area contributed by atoms with Gasteiger partial charge < -0.3 is 14.8 Å². The Labute approximate surface area is 165 Å². The van der Waals surface area contributed by atoms with Gasteiger partial charge in [0.2, 0.25) is 0 Å². The van der Waals surface area contributed by atoms with E-state index >= 15 is 0 Å². The van der Waals surface area contributed by atoms with Crippen LogP contribution in [-0.2, 0) is 10.0 Å². The Balaban J connectivity index is 1.71. The predicted molar refractivity (Wildman–Crippen MR) is 111 cm³/mol. The summed E-state index contributed by atoms with van der Waals surface area (Å²) in [5.74, 6) is 1.36. The van der Waals surface area contributed by atoms with E-state index in [1.807, 2.05) is 31.2 Å². The second-order valence-electron chi connectivity index (χ2n) is 5.91. The standard InChI is InChI=1S/C21H22N2O4S/c1-3-27-18-12-14-19(15-13-18)28(24,25)23-17-10-8-16(9-11-17)22-20-6-4-5-7-21(20)26-2/h4-15,22-23H,3H2,1-2H3. The molecule has 0 amide bonds. The van der Waals surface area contributed by atoms with Crippen molar-refractivity contribution in [1.29, 1.82) is 0 Å². The maximum atomic E-state index is 12.5. The molecule has 0 saturated heterocycles. The Morgan fingerprint density at radius 1 is 0.857 bits per heavy atom. The van der Waals surface area contributed by atoms with Gasteiger partial charge in [-0.15, -0.1) is 0 Å². The molecule has 0 saturated carbocycles. The van der Waals surface area contributed by atoms with Crippen LogP contribution in [0.25, 0.3) is 0 Å². The van der Waals surface area contributed by atoms with E-state index in [0.29, 0.717) is 18.0 Å². The largest absolute Gasteiger partial charge is 0.495 e. The third kappa shape index (κ3) is 4.75. The van der Waals surface area contributed by atoms with Crippen LogP contribution in [0.15, 0.2) is 77.7 Å². The van der Waals surface area contributed by atoms with Crippen LogP contribution < -0.4 is 19.5 Å². The van der Waals surface area contributed by atoms with E-state index in [4.69, 9.17) is 9.47 Å². The van der Waals surface area contributed by atoms with Crippen molar-refractivity contribution in [2.24, 2.45) is 0 Å². The van der Waals surface area contributed by atoms with Crippen LogP contribution >= 0.6 is 0 Å². The number of methoxy groups -OCH3 is 1. The minimum atomic E-state index is -3.67. The van der Waals surface area contributed by atoms with Crippen molar-refractivity contribution < 1.29 is 17.9 Å². The van der Waals surface area contributed by atoms with Gasteiger partial charge in [-0.2, -0.15) is 0 Å². The number of nitrogens with one attached hydrogen (secondary N) is 2. The molecule has 0 radical (unpaired) electrons. The highest BCUT2D eigenvalue weighted by Gasteiger charge is 2.14. The first-order valence-corrected chi connectivity index (χ1v) is 10.3. The Morgan fingerprint density at radius 3 is 2.14 bits per heavy atom. The highest BCUT2D eigenvalue weighted by molar-refractivity contribution is 7.92. The summed E-state index contributed by atoms with van der Waals surface area (Å²) < 4.78 is 38.3. The molecule has 0 aliphatic heterocycles. The third-order valence-corrected chi connectivity index (χ3v) is 5.37. The van der Waals surface area contributed by atoms with Crippen LogP contribution in [0.3, 0.4) is 0 Å². The van der Waals surface area contributed by atoms with Crippen molar-refractivity contribution in [2.45, 2.75) is 11.8 Å². The summed E-state index contributed by atoms with van der Waals surface area (Å²) >= 11 is 0. The minimum Gasteiger partial charge on any atom is -0.495 e. The Kier molecular flexibility index (Phi) is 6.06. The lowest BCUT2D eigenvalue weighted by Crippen LogP contribution is -2.12. The molecule has 0 bridgehead atoms. The van der Waals surface area contributed by atoms with Crippen LogP contribution in [-0.4, -0.2) is 22.1 Å².